The number of esters is 1. The van der Waals surface area contributed by atoms with E-state index in [4.69, 9.17) is 4.74 Å². The lowest BCUT2D eigenvalue weighted by atomic mass is 10.2. The molecule has 0 aliphatic heterocycles. The number of hydrogen-bond donors (Lipinski definition) is 1. The van der Waals surface area contributed by atoms with Gasteiger partial charge in [-0.2, -0.15) is 0 Å². The Labute approximate surface area is 200 Å². The zero-order valence-electron chi connectivity index (χ0n) is 18.8. The van der Waals surface area contributed by atoms with Crippen LogP contribution in [0.15, 0.2) is 59.8 Å². The largest absolute Gasteiger partial charge is 0.466 e. The second-order valence-electron chi connectivity index (χ2n) is 7.32. The first-order valence-electron chi connectivity index (χ1n) is 10.7. The van der Waals surface area contributed by atoms with E-state index in [1.165, 1.54) is 23.9 Å². The van der Waals surface area contributed by atoms with Gasteiger partial charge in [0.05, 0.1) is 24.0 Å². The van der Waals surface area contributed by atoms with Gasteiger partial charge in [0.25, 0.3) is 5.69 Å². The SMILES string of the molecule is CCOC(=O)CCC(=O)NC(C)c1nnc(SCc2ccccc2)n1-c1ccc([N+](=O)[O-])cc1. The molecule has 1 atom stereocenters. The first-order chi connectivity index (χ1) is 16.4. The minimum atomic E-state index is -0.525. The van der Waals surface area contributed by atoms with Gasteiger partial charge in [0, 0.05) is 30.0 Å². The summed E-state index contributed by atoms with van der Waals surface area (Å²) in [6.45, 7) is 3.73. The Balaban J connectivity index is 1.82. The third-order valence-electron chi connectivity index (χ3n) is 4.81. The van der Waals surface area contributed by atoms with E-state index in [-0.39, 0.29) is 31.0 Å². The molecule has 1 amide bonds. The predicted octanol–water partition coefficient (Wildman–Crippen LogP) is 3.99. The van der Waals surface area contributed by atoms with Crippen molar-refractivity contribution in [1.82, 2.24) is 20.1 Å². The zero-order chi connectivity index (χ0) is 24.5. The van der Waals surface area contributed by atoms with Gasteiger partial charge in [0.1, 0.15) is 0 Å². The Morgan fingerprint density at radius 2 is 1.82 bits per heavy atom. The van der Waals surface area contributed by atoms with E-state index in [0.717, 1.165) is 5.56 Å². The Morgan fingerprint density at radius 3 is 2.47 bits per heavy atom. The van der Waals surface area contributed by atoms with E-state index < -0.39 is 16.9 Å². The van der Waals surface area contributed by atoms with Crippen LogP contribution in [0.25, 0.3) is 5.69 Å². The maximum atomic E-state index is 12.4. The molecule has 1 heterocycles. The number of amides is 1. The molecule has 0 bridgehead atoms. The van der Waals surface area contributed by atoms with Crippen LogP contribution in [0, 0.1) is 10.1 Å². The van der Waals surface area contributed by atoms with Gasteiger partial charge in [-0.05, 0) is 31.5 Å². The molecule has 178 valence electrons. The smallest absolute Gasteiger partial charge is 0.306 e. The van der Waals surface area contributed by atoms with Gasteiger partial charge in [-0.3, -0.25) is 24.3 Å². The molecule has 34 heavy (non-hydrogen) atoms. The number of hydrogen-bond acceptors (Lipinski definition) is 8. The highest BCUT2D eigenvalue weighted by Gasteiger charge is 2.22. The molecule has 3 aromatic rings. The molecule has 1 N–H and O–H groups in total. The van der Waals surface area contributed by atoms with Crippen molar-refractivity contribution < 1.29 is 19.2 Å². The lowest BCUT2D eigenvalue weighted by molar-refractivity contribution is -0.384. The molecule has 3 rings (SSSR count). The molecular formula is C23H25N5O5S. The van der Waals surface area contributed by atoms with Crippen molar-refractivity contribution >= 4 is 29.3 Å². The highest BCUT2D eigenvalue weighted by atomic mass is 32.2. The number of ether oxygens (including phenoxy) is 1. The van der Waals surface area contributed by atoms with Crippen molar-refractivity contribution in [3.8, 4) is 5.69 Å². The van der Waals surface area contributed by atoms with Crippen LogP contribution in [0.2, 0.25) is 0 Å². The van der Waals surface area contributed by atoms with E-state index in [1.807, 2.05) is 30.3 Å². The fourth-order valence-electron chi connectivity index (χ4n) is 3.17. The Kier molecular flexibility index (Phi) is 8.74. The summed E-state index contributed by atoms with van der Waals surface area (Å²) in [7, 11) is 0. The summed E-state index contributed by atoms with van der Waals surface area (Å²) in [5.74, 6) is 0.358. The summed E-state index contributed by atoms with van der Waals surface area (Å²) in [6.07, 6.45) is -0.0237. The fourth-order valence-corrected chi connectivity index (χ4v) is 4.09. The molecule has 0 saturated heterocycles. The van der Waals surface area contributed by atoms with Gasteiger partial charge in [-0.25, -0.2) is 0 Å². The van der Waals surface area contributed by atoms with Gasteiger partial charge < -0.3 is 10.1 Å². The topological polar surface area (TPSA) is 129 Å². The molecule has 0 fully saturated rings. The van der Waals surface area contributed by atoms with Crippen LogP contribution < -0.4 is 5.32 Å². The number of carbonyl (C=O) groups is 2. The normalized spacial score (nSPS) is 11.6. The molecule has 1 unspecified atom stereocenters. The van der Waals surface area contributed by atoms with Crippen LogP contribution in [0.3, 0.4) is 0 Å². The van der Waals surface area contributed by atoms with Crippen molar-refractivity contribution in [2.75, 3.05) is 6.61 Å². The number of nitrogens with zero attached hydrogens (tertiary/aromatic N) is 4. The second-order valence-corrected chi connectivity index (χ2v) is 8.26. The van der Waals surface area contributed by atoms with Crippen LogP contribution in [-0.2, 0) is 20.1 Å². The third-order valence-corrected chi connectivity index (χ3v) is 5.81. The van der Waals surface area contributed by atoms with Crippen LogP contribution >= 0.6 is 11.8 Å². The maximum absolute atomic E-state index is 12.4. The summed E-state index contributed by atoms with van der Waals surface area (Å²) >= 11 is 1.46. The van der Waals surface area contributed by atoms with Crippen LogP contribution in [0.4, 0.5) is 5.69 Å². The molecule has 0 saturated carbocycles. The first-order valence-corrected chi connectivity index (χ1v) is 11.7. The Bertz CT molecular complexity index is 1130. The quantitative estimate of drug-likeness (QED) is 0.188. The maximum Gasteiger partial charge on any atom is 0.306 e. The summed E-state index contributed by atoms with van der Waals surface area (Å²) in [4.78, 5) is 34.5. The van der Waals surface area contributed by atoms with Crippen LogP contribution in [-0.4, -0.2) is 38.2 Å². The molecule has 0 aliphatic rings. The predicted molar refractivity (Wildman–Crippen MR) is 126 cm³/mol. The number of benzene rings is 2. The Morgan fingerprint density at radius 1 is 1.12 bits per heavy atom. The van der Waals surface area contributed by atoms with Crippen LogP contribution in [0.5, 0.6) is 0 Å². The number of aromatic nitrogens is 3. The highest BCUT2D eigenvalue weighted by molar-refractivity contribution is 7.98. The van der Waals surface area contributed by atoms with Gasteiger partial charge in [0.2, 0.25) is 5.91 Å². The number of nitrogens with one attached hydrogen (secondary N) is 1. The van der Waals surface area contributed by atoms with E-state index in [9.17, 15) is 19.7 Å². The molecule has 11 heteroatoms. The summed E-state index contributed by atoms with van der Waals surface area (Å²) in [6, 6.07) is 15.4. The monoisotopic (exact) mass is 483 g/mol. The standard InChI is InChI=1S/C23H25N5O5S/c1-3-33-21(30)14-13-20(29)24-16(2)22-25-26-23(34-15-17-7-5-4-6-8-17)27(22)18-9-11-19(12-10-18)28(31)32/h4-12,16H,3,13-15H2,1-2H3,(H,24,29). The van der Waals surface area contributed by atoms with E-state index in [1.54, 1.807) is 30.5 Å². The summed E-state index contributed by atoms with van der Waals surface area (Å²) < 4.78 is 6.63. The average Bonchev–Trinajstić information content (AvgIpc) is 3.26. The van der Waals surface area contributed by atoms with E-state index in [0.29, 0.717) is 22.4 Å². The first kappa shape index (κ1) is 24.9. The van der Waals surface area contributed by atoms with Crippen LogP contribution in [0.1, 0.15) is 44.1 Å². The van der Waals surface area contributed by atoms with E-state index >= 15 is 0 Å². The third kappa shape index (κ3) is 6.64. The summed E-state index contributed by atoms with van der Waals surface area (Å²) in [5, 5.41) is 23.1. The molecule has 0 radical (unpaired) electrons. The average molecular weight is 484 g/mol. The lowest BCUT2D eigenvalue weighted by Crippen LogP contribution is -2.29. The van der Waals surface area contributed by atoms with Crippen molar-refractivity contribution in [1.29, 1.82) is 0 Å². The van der Waals surface area contributed by atoms with Crippen molar-refractivity contribution in [2.45, 2.75) is 43.6 Å². The summed E-state index contributed by atoms with van der Waals surface area (Å²) in [5.41, 5.74) is 1.71. The molecule has 1 aromatic heterocycles. The minimum absolute atomic E-state index is 0.00947. The number of nitro groups is 1. The van der Waals surface area contributed by atoms with Gasteiger partial charge in [0.15, 0.2) is 11.0 Å². The van der Waals surface area contributed by atoms with Gasteiger partial charge in [-0.1, -0.05) is 42.1 Å². The number of non-ortho nitro benzene ring substituents is 1. The lowest BCUT2D eigenvalue weighted by Gasteiger charge is -2.16. The van der Waals surface area contributed by atoms with Crippen molar-refractivity contribution in [3.63, 3.8) is 0 Å². The molecule has 0 spiro atoms. The van der Waals surface area contributed by atoms with Gasteiger partial charge in [-0.15, -0.1) is 10.2 Å². The number of carbonyl (C=O) groups excluding carboxylic acids is 2. The van der Waals surface area contributed by atoms with Gasteiger partial charge >= 0.3 is 5.97 Å². The molecule has 0 aliphatic carbocycles. The zero-order valence-corrected chi connectivity index (χ0v) is 19.7. The minimum Gasteiger partial charge on any atom is -0.466 e. The number of thioether (sulfide) groups is 1. The Hall–Kier alpha value is -3.73. The number of rotatable bonds is 11. The highest BCUT2D eigenvalue weighted by Crippen LogP contribution is 2.28. The van der Waals surface area contributed by atoms with E-state index in [2.05, 4.69) is 15.5 Å². The van der Waals surface area contributed by atoms with Crippen molar-refractivity contribution in [3.05, 3.63) is 76.1 Å². The molecule has 2 aromatic carbocycles. The molecule has 10 nitrogen and oxygen atoms in total. The number of nitro benzene ring substituents is 1. The molecular weight excluding hydrogens is 458 g/mol. The van der Waals surface area contributed by atoms with Crippen molar-refractivity contribution in [2.24, 2.45) is 0 Å². The second kappa shape index (κ2) is 11.9. The fraction of sp³-hybridized carbons (Fsp3) is 0.304.